The van der Waals surface area contributed by atoms with Gasteiger partial charge in [0.1, 0.15) is 6.54 Å². The first-order valence-electron chi connectivity index (χ1n) is 13.6. The molecule has 0 unspecified atom stereocenters. The van der Waals surface area contributed by atoms with Crippen molar-refractivity contribution in [2.75, 3.05) is 11.4 Å². The van der Waals surface area contributed by atoms with Crippen molar-refractivity contribution in [1.82, 2.24) is 0 Å². The van der Waals surface area contributed by atoms with Gasteiger partial charge in [0.2, 0.25) is 11.5 Å². The Morgan fingerprint density at radius 3 is 2.15 bits per heavy atom. The van der Waals surface area contributed by atoms with Crippen LogP contribution in [-0.4, -0.2) is 6.54 Å². The van der Waals surface area contributed by atoms with Crippen LogP contribution in [0.5, 0.6) is 5.75 Å². The highest BCUT2D eigenvalue weighted by atomic mass is 127. The fourth-order valence-corrected chi connectivity index (χ4v) is 5.21. The number of aryl methyl sites for hydroxylation is 1. The van der Waals surface area contributed by atoms with Gasteiger partial charge in [-0.15, -0.1) is 0 Å². The number of rotatable bonds is 7. The van der Waals surface area contributed by atoms with Crippen molar-refractivity contribution in [3.8, 4) is 28.0 Å². The Hall–Kier alpha value is -3.81. The minimum atomic E-state index is 0. The van der Waals surface area contributed by atoms with Crippen molar-refractivity contribution >= 4 is 34.5 Å². The van der Waals surface area contributed by atoms with Crippen molar-refractivity contribution in [1.29, 1.82) is 0 Å². The normalized spacial score (nSPS) is 14.0. The predicted octanol–water partition coefficient (Wildman–Crippen LogP) is 5.97. The molecule has 4 nitrogen and oxygen atoms in total. The van der Waals surface area contributed by atoms with Crippen LogP contribution in [0.25, 0.3) is 39.4 Å². The molecular formula is C35H30ClIN2O2. The van der Waals surface area contributed by atoms with E-state index in [2.05, 4.69) is 96.1 Å². The number of oxazole rings is 1. The van der Waals surface area contributed by atoms with E-state index in [0.717, 1.165) is 58.5 Å². The van der Waals surface area contributed by atoms with Gasteiger partial charge in [0.15, 0.2) is 5.75 Å². The smallest absolute Gasteiger partial charge is 0.374 e. The molecule has 0 N–H and O–H groups in total. The average Bonchev–Trinajstić information content (AvgIpc) is 3.55. The van der Waals surface area contributed by atoms with Crippen LogP contribution in [-0.2, 0) is 6.54 Å². The molecule has 41 heavy (non-hydrogen) atoms. The summed E-state index contributed by atoms with van der Waals surface area (Å²) in [5.74, 6) is 2.33. The molecule has 1 aliphatic heterocycles. The number of halogens is 2. The Bertz CT molecular complexity index is 1760. The van der Waals surface area contributed by atoms with Gasteiger partial charge in [-0.2, -0.15) is 4.57 Å². The largest absolute Gasteiger partial charge is 1.00 e. The lowest BCUT2D eigenvalue weighted by Gasteiger charge is -2.15. The molecule has 0 saturated heterocycles. The molecule has 2 heterocycles. The van der Waals surface area contributed by atoms with E-state index >= 15 is 0 Å². The highest BCUT2D eigenvalue weighted by molar-refractivity contribution is 6.31. The number of allylic oxidation sites excluding steroid dienone is 4. The van der Waals surface area contributed by atoms with Gasteiger partial charge in [0.05, 0.1) is 11.8 Å². The summed E-state index contributed by atoms with van der Waals surface area (Å²) in [5, 5.41) is 0.571. The van der Waals surface area contributed by atoms with E-state index in [9.17, 15) is 0 Å². The number of hydrogen-bond donors (Lipinski definition) is 0. The van der Waals surface area contributed by atoms with Gasteiger partial charge in [0.25, 0.3) is 5.52 Å². The highest BCUT2D eigenvalue weighted by Crippen LogP contribution is 2.41. The fourth-order valence-electron chi connectivity index (χ4n) is 5.08. The summed E-state index contributed by atoms with van der Waals surface area (Å²) < 4.78 is 14.5. The van der Waals surface area contributed by atoms with Gasteiger partial charge in [-0.3, -0.25) is 0 Å². The SMILES string of the molecule is CCN1/C(=C/C=C(Cl)/C=C/c2oc3ccc(-c4ccccc4)cc3[n+]2CC)Oc2ccc(-c3ccccc3)cc21.[I-]. The topological polar surface area (TPSA) is 29.5 Å². The summed E-state index contributed by atoms with van der Waals surface area (Å²) in [6, 6.07) is 33.3. The highest BCUT2D eigenvalue weighted by Gasteiger charge is 2.25. The van der Waals surface area contributed by atoms with Crippen LogP contribution < -0.4 is 38.2 Å². The average molecular weight is 673 g/mol. The van der Waals surface area contributed by atoms with Crippen LogP contribution in [0.15, 0.2) is 131 Å². The van der Waals surface area contributed by atoms with E-state index in [-0.39, 0.29) is 24.0 Å². The molecule has 206 valence electrons. The van der Waals surface area contributed by atoms with Crippen LogP contribution in [0.2, 0.25) is 0 Å². The Morgan fingerprint density at radius 2 is 1.49 bits per heavy atom. The number of nitrogens with zero attached hydrogens (tertiary/aromatic N) is 2. The second-order valence-electron chi connectivity index (χ2n) is 9.52. The summed E-state index contributed by atoms with van der Waals surface area (Å²) in [7, 11) is 0. The third-order valence-electron chi connectivity index (χ3n) is 7.08. The van der Waals surface area contributed by atoms with E-state index in [1.54, 1.807) is 0 Å². The van der Waals surface area contributed by atoms with Gasteiger partial charge in [-0.25, -0.2) is 0 Å². The van der Waals surface area contributed by atoms with Crippen molar-refractivity contribution in [2.24, 2.45) is 0 Å². The Kier molecular flexibility index (Phi) is 8.96. The molecular weight excluding hydrogens is 643 g/mol. The summed E-state index contributed by atoms with van der Waals surface area (Å²) in [6.07, 6.45) is 7.53. The van der Waals surface area contributed by atoms with Gasteiger partial charge in [-0.05, 0) is 66.5 Å². The zero-order valence-electron chi connectivity index (χ0n) is 22.9. The van der Waals surface area contributed by atoms with Crippen molar-refractivity contribution < 1.29 is 37.7 Å². The minimum Gasteiger partial charge on any atom is -1.00 e. The summed E-state index contributed by atoms with van der Waals surface area (Å²) in [5.41, 5.74) is 7.62. The van der Waals surface area contributed by atoms with E-state index < -0.39 is 0 Å². The number of aromatic nitrogens is 1. The van der Waals surface area contributed by atoms with Gasteiger partial charge in [0, 0.05) is 23.7 Å². The quantitative estimate of drug-likeness (QED) is 0.121. The lowest BCUT2D eigenvalue weighted by Crippen LogP contribution is -3.00. The van der Waals surface area contributed by atoms with Crippen LogP contribution in [0, 0.1) is 0 Å². The van der Waals surface area contributed by atoms with E-state index in [0.29, 0.717) is 5.03 Å². The van der Waals surface area contributed by atoms with Crippen LogP contribution in [0.3, 0.4) is 0 Å². The Morgan fingerprint density at radius 1 is 0.829 bits per heavy atom. The Labute approximate surface area is 262 Å². The molecule has 1 aliphatic rings. The summed E-state index contributed by atoms with van der Waals surface area (Å²) in [6.45, 7) is 5.78. The fraction of sp³-hybridized carbons (Fsp3) is 0.114. The van der Waals surface area contributed by atoms with Gasteiger partial charge < -0.3 is 38.0 Å². The molecule has 4 aromatic carbocycles. The maximum atomic E-state index is 6.62. The maximum absolute atomic E-state index is 6.62. The molecule has 0 aliphatic carbocycles. The zero-order valence-corrected chi connectivity index (χ0v) is 25.8. The first-order valence-corrected chi connectivity index (χ1v) is 13.9. The van der Waals surface area contributed by atoms with E-state index in [1.165, 1.54) is 11.1 Å². The van der Waals surface area contributed by atoms with Crippen LogP contribution >= 0.6 is 11.6 Å². The van der Waals surface area contributed by atoms with Crippen molar-refractivity contribution in [3.63, 3.8) is 0 Å². The first kappa shape index (κ1) is 28.7. The molecule has 6 rings (SSSR count). The monoisotopic (exact) mass is 672 g/mol. The molecule has 0 bridgehead atoms. The minimum absolute atomic E-state index is 0. The molecule has 0 radical (unpaired) electrons. The third kappa shape index (κ3) is 5.97. The molecule has 6 heteroatoms. The number of ether oxygens (including phenoxy) is 1. The third-order valence-corrected chi connectivity index (χ3v) is 7.33. The van der Waals surface area contributed by atoms with Gasteiger partial charge in [-0.1, -0.05) is 84.4 Å². The first-order chi connectivity index (χ1) is 19.6. The molecule has 0 fully saturated rings. The second kappa shape index (κ2) is 12.8. The van der Waals surface area contributed by atoms with E-state index in [1.807, 2.05) is 48.6 Å². The molecule has 5 aromatic rings. The van der Waals surface area contributed by atoms with Crippen LogP contribution in [0.1, 0.15) is 19.7 Å². The molecule has 0 spiro atoms. The number of hydrogen-bond acceptors (Lipinski definition) is 3. The number of benzene rings is 4. The molecule has 0 saturated carbocycles. The Balaban J connectivity index is 0.00000337. The van der Waals surface area contributed by atoms with Crippen LogP contribution in [0.4, 0.5) is 5.69 Å². The predicted molar refractivity (Wildman–Crippen MR) is 164 cm³/mol. The lowest BCUT2D eigenvalue weighted by atomic mass is 10.0. The number of fused-ring (bicyclic) bond motifs is 2. The van der Waals surface area contributed by atoms with Gasteiger partial charge >= 0.3 is 5.89 Å². The summed E-state index contributed by atoms with van der Waals surface area (Å²) in [4.78, 5) is 2.15. The van der Waals surface area contributed by atoms with E-state index in [4.69, 9.17) is 20.8 Å². The molecule has 1 aromatic heterocycles. The molecule has 0 atom stereocenters. The maximum Gasteiger partial charge on any atom is 0.374 e. The standard InChI is InChI=1S/C35H30ClN2O2.HI/c1-3-37-30-23-27(25-11-7-5-8-12-25)15-19-32(30)39-34(37)21-17-29(36)18-22-35-38(4-2)31-24-28(16-20-33(31)40-35)26-13-9-6-10-14-26;/h5-24H,3-4H2,1-2H3;1H/q+1;/p-1. The number of anilines is 1. The second-order valence-corrected chi connectivity index (χ2v) is 9.95. The summed E-state index contributed by atoms with van der Waals surface area (Å²) >= 11 is 6.62. The van der Waals surface area contributed by atoms with Crippen molar-refractivity contribution in [3.05, 3.63) is 132 Å². The lowest BCUT2D eigenvalue weighted by molar-refractivity contribution is -0.674. The molecule has 0 amide bonds. The van der Waals surface area contributed by atoms with Crippen molar-refractivity contribution in [2.45, 2.75) is 20.4 Å². The zero-order chi connectivity index (χ0) is 27.5.